The van der Waals surface area contributed by atoms with Crippen molar-refractivity contribution in [3.63, 3.8) is 0 Å². The Kier molecular flexibility index (Phi) is 6.94. The Bertz CT molecular complexity index is 1480. The zero-order valence-corrected chi connectivity index (χ0v) is 22.2. The molecule has 5 rings (SSSR count). The maximum atomic E-state index is 14.6. The third-order valence-corrected chi connectivity index (χ3v) is 11.3. The lowest BCUT2D eigenvalue weighted by atomic mass is 9.90. The van der Waals surface area contributed by atoms with E-state index in [1.165, 1.54) is 4.90 Å². The lowest BCUT2D eigenvalue weighted by molar-refractivity contribution is -0.348. The summed E-state index contributed by atoms with van der Waals surface area (Å²) in [6, 6.07) is 5.38. The van der Waals surface area contributed by atoms with Crippen LogP contribution in [0.4, 0.5) is 35.1 Å². The van der Waals surface area contributed by atoms with Gasteiger partial charge in [-0.3, -0.25) is 9.59 Å². The second-order valence-corrected chi connectivity index (χ2v) is 13.3. The van der Waals surface area contributed by atoms with Gasteiger partial charge in [0, 0.05) is 24.6 Å². The average molecular weight is 626 g/mol. The topological polar surface area (TPSA) is 91.8 Å². The molecule has 15 heteroatoms. The predicted octanol–water partition coefficient (Wildman–Crippen LogP) is 5.37. The number of benzene rings is 2. The van der Waals surface area contributed by atoms with E-state index < -0.39 is 79.1 Å². The summed E-state index contributed by atoms with van der Waals surface area (Å²) in [5, 5.41) is 9.22. The fourth-order valence-electron chi connectivity index (χ4n) is 6.53. The maximum absolute atomic E-state index is 14.6. The van der Waals surface area contributed by atoms with Crippen LogP contribution >= 0.6 is 0 Å². The number of hydrogen-bond donors (Lipinski definition) is 1. The van der Waals surface area contributed by atoms with Crippen molar-refractivity contribution in [1.82, 2.24) is 4.90 Å². The first-order chi connectivity index (χ1) is 19.3. The molecule has 228 valence electrons. The van der Waals surface area contributed by atoms with Crippen LogP contribution in [-0.2, 0) is 29.8 Å². The molecule has 0 bridgehead atoms. The highest BCUT2D eigenvalue weighted by atomic mass is 32.2. The van der Waals surface area contributed by atoms with Crippen LogP contribution < -0.4 is 0 Å². The van der Waals surface area contributed by atoms with Gasteiger partial charge in [0.15, 0.2) is 9.84 Å². The van der Waals surface area contributed by atoms with Crippen molar-refractivity contribution in [2.45, 2.75) is 46.9 Å². The molecule has 0 spiro atoms. The number of alkyl halides is 7. The Hall–Kier alpha value is -3.23. The van der Waals surface area contributed by atoms with Crippen LogP contribution in [-0.4, -0.2) is 55.7 Å². The molecule has 2 aromatic carbocycles. The molecule has 2 aliphatic carbocycles. The van der Waals surface area contributed by atoms with E-state index >= 15 is 0 Å². The third-order valence-electron chi connectivity index (χ3n) is 8.85. The molecule has 3 aliphatic rings. The fraction of sp³-hybridized carbons (Fsp3) is 0.481. The summed E-state index contributed by atoms with van der Waals surface area (Å²) in [6.45, 7) is -0.667. The van der Waals surface area contributed by atoms with E-state index in [4.69, 9.17) is 0 Å². The summed E-state index contributed by atoms with van der Waals surface area (Å²) in [6.07, 6.45) is -12.5. The molecule has 1 heterocycles. The van der Waals surface area contributed by atoms with Crippen LogP contribution in [0.15, 0.2) is 53.4 Å². The molecule has 3 fully saturated rings. The second-order valence-electron chi connectivity index (χ2n) is 11.1. The second kappa shape index (κ2) is 9.64. The lowest BCUT2D eigenvalue weighted by Gasteiger charge is -2.32. The molecule has 2 unspecified atom stereocenters. The molecular weight excluding hydrogens is 602 g/mol. The highest BCUT2D eigenvalue weighted by Gasteiger charge is 2.73. The molecule has 6 nitrogen and oxygen atoms in total. The van der Waals surface area contributed by atoms with Crippen LogP contribution in [0.5, 0.6) is 0 Å². The van der Waals surface area contributed by atoms with Crippen molar-refractivity contribution in [3.05, 3.63) is 65.5 Å². The molecule has 1 amide bonds. The molecule has 3 atom stereocenters. The Morgan fingerprint density at radius 3 is 1.86 bits per heavy atom. The third kappa shape index (κ3) is 4.45. The van der Waals surface area contributed by atoms with Crippen LogP contribution in [0.3, 0.4) is 0 Å². The van der Waals surface area contributed by atoms with Crippen molar-refractivity contribution >= 4 is 21.7 Å². The average Bonchev–Trinajstić information content (AvgIpc) is 3.22. The van der Waals surface area contributed by atoms with Gasteiger partial charge in [0.05, 0.1) is 10.8 Å². The summed E-state index contributed by atoms with van der Waals surface area (Å²) in [5.41, 5.74) is -7.80. The summed E-state index contributed by atoms with van der Waals surface area (Å²) in [7, 11) is -4.56. The number of carbonyl (C=O) groups is 2. The smallest absolute Gasteiger partial charge is 0.435 e. The number of aliphatic carboxylic acids is 1. The highest BCUT2D eigenvalue weighted by molar-refractivity contribution is 7.92. The Morgan fingerprint density at radius 2 is 1.38 bits per heavy atom. The van der Waals surface area contributed by atoms with Gasteiger partial charge in [0.1, 0.15) is 10.6 Å². The molecule has 2 saturated carbocycles. The Labute approximate surface area is 234 Å². The van der Waals surface area contributed by atoms with E-state index in [0.29, 0.717) is 12.1 Å². The van der Waals surface area contributed by atoms with Crippen molar-refractivity contribution in [1.29, 1.82) is 0 Å². The molecule has 0 aromatic heterocycles. The van der Waals surface area contributed by atoms with Crippen molar-refractivity contribution in [2.24, 2.45) is 23.7 Å². The van der Waals surface area contributed by atoms with Crippen LogP contribution in [0.1, 0.15) is 30.4 Å². The van der Waals surface area contributed by atoms with Crippen molar-refractivity contribution < 1.29 is 58.2 Å². The van der Waals surface area contributed by atoms with E-state index in [2.05, 4.69) is 0 Å². The molecule has 0 radical (unpaired) electrons. The van der Waals surface area contributed by atoms with Crippen LogP contribution in [0, 0.1) is 29.5 Å². The van der Waals surface area contributed by atoms with Crippen molar-refractivity contribution in [2.75, 3.05) is 13.1 Å². The minimum atomic E-state index is -6.37. The van der Waals surface area contributed by atoms with Gasteiger partial charge in [-0.2, -0.15) is 26.3 Å². The van der Waals surface area contributed by atoms with Gasteiger partial charge >= 0.3 is 24.0 Å². The SMILES string of the molecule is O=C(O)[C@H]1CC2C(C1)[C@@H]2C(=O)N1CC[C@](c2ccc(C(F)(C(F)(F)F)C(F)(F)F)cc2)(S(=O)(=O)c2ccc(F)cc2)C1. The van der Waals surface area contributed by atoms with E-state index in [-0.39, 0.29) is 55.3 Å². The molecule has 1 aliphatic heterocycles. The van der Waals surface area contributed by atoms with Gasteiger partial charge in [0.25, 0.3) is 0 Å². The largest absolute Gasteiger partial charge is 0.481 e. The van der Waals surface area contributed by atoms with Gasteiger partial charge in [-0.25, -0.2) is 17.2 Å². The monoisotopic (exact) mass is 625 g/mol. The first-order valence-electron chi connectivity index (χ1n) is 12.8. The predicted molar refractivity (Wildman–Crippen MR) is 129 cm³/mol. The number of carbonyl (C=O) groups excluding carboxylic acids is 1. The maximum Gasteiger partial charge on any atom is 0.435 e. The zero-order chi connectivity index (χ0) is 31.0. The van der Waals surface area contributed by atoms with Crippen LogP contribution in [0.2, 0.25) is 0 Å². The molecule has 2 aromatic rings. The fourth-order valence-corrected chi connectivity index (χ4v) is 8.61. The number of fused-ring (bicyclic) bond motifs is 1. The van der Waals surface area contributed by atoms with E-state index in [1.807, 2.05) is 0 Å². The van der Waals surface area contributed by atoms with Gasteiger partial charge < -0.3 is 10.0 Å². The number of rotatable bonds is 6. The number of likely N-dealkylation sites (tertiary alicyclic amines) is 1. The number of carboxylic acid groups (broad SMARTS) is 1. The lowest BCUT2D eigenvalue weighted by Crippen LogP contribution is -2.50. The number of nitrogens with zero attached hydrogens (tertiary/aromatic N) is 1. The Balaban J connectivity index is 1.52. The van der Waals surface area contributed by atoms with E-state index in [9.17, 15) is 58.2 Å². The van der Waals surface area contributed by atoms with Crippen molar-refractivity contribution in [3.8, 4) is 0 Å². The molecular formula is C27H23F8NO5S. The standard InChI is InChI=1S/C27H23F8NO5S/c28-17-5-7-18(8-6-17)42(40,41)24(15-1-3-16(4-2-15)25(29,26(30,31)32)27(33,34)35)9-10-36(13-24)22(37)21-19-11-14(23(38)39)12-20(19)21/h1-8,14,19-21H,9-13H2,(H,38,39)/t14-,19?,20?,21+,24-/m0/s1. The quantitative estimate of drug-likeness (QED) is 0.344. The number of hydrogen-bond acceptors (Lipinski definition) is 4. The first-order valence-corrected chi connectivity index (χ1v) is 14.3. The number of carboxylic acids is 1. The molecule has 1 saturated heterocycles. The number of sulfone groups is 1. The van der Waals surface area contributed by atoms with E-state index in [1.54, 1.807) is 0 Å². The molecule has 42 heavy (non-hydrogen) atoms. The van der Waals surface area contributed by atoms with Gasteiger partial charge in [-0.15, -0.1) is 0 Å². The number of amides is 1. The minimum Gasteiger partial charge on any atom is -0.481 e. The van der Waals surface area contributed by atoms with Gasteiger partial charge in [0.2, 0.25) is 5.91 Å². The summed E-state index contributed by atoms with van der Waals surface area (Å²) >= 11 is 0. The van der Waals surface area contributed by atoms with Crippen LogP contribution in [0.25, 0.3) is 0 Å². The van der Waals surface area contributed by atoms with Gasteiger partial charge in [-0.05, 0) is 60.9 Å². The van der Waals surface area contributed by atoms with E-state index in [0.717, 1.165) is 24.3 Å². The molecule has 1 N–H and O–H groups in total. The first kappa shape index (κ1) is 30.2. The number of halogens is 8. The summed E-state index contributed by atoms with van der Waals surface area (Å²) < 4.78 is 134. The Morgan fingerprint density at radius 1 is 0.857 bits per heavy atom. The normalized spacial score (nSPS) is 28.0. The summed E-state index contributed by atoms with van der Waals surface area (Å²) in [5.74, 6) is -3.68. The minimum absolute atomic E-state index is 0.141. The van der Waals surface area contributed by atoms with Gasteiger partial charge in [-0.1, -0.05) is 24.3 Å². The highest BCUT2D eigenvalue weighted by Crippen LogP contribution is 2.61. The zero-order valence-electron chi connectivity index (χ0n) is 21.4. The summed E-state index contributed by atoms with van der Waals surface area (Å²) in [4.78, 5) is 25.5.